The van der Waals surface area contributed by atoms with Gasteiger partial charge in [-0.05, 0) is 24.5 Å². The van der Waals surface area contributed by atoms with E-state index in [-0.39, 0.29) is 11.9 Å². The lowest BCUT2D eigenvalue weighted by Gasteiger charge is -2.28. The van der Waals surface area contributed by atoms with Gasteiger partial charge in [-0.2, -0.15) is 0 Å². The number of halogens is 2. The molecule has 1 aromatic carbocycles. The summed E-state index contributed by atoms with van der Waals surface area (Å²) in [7, 11) is 0. The Kier molecular flexibility index (Phi) is 3.42. The molecule has 1 aliphatic rings. The summed E-state index contributed by atoms with van der Waals surface area (Å²) in [6.45, 7) is 0. The third kappa shape index (κ3) is 2.58. The molecule has 0 aromatic heterocycles. The molecule has 0 saturated heterocycles. The van der Waals surface area contributed by atoms with Gasteiger partial charge in [0.1, 0.15) is 5.82 Å². The van der Waals surface area contributed by atoms with Gasteiger partial charge in [-0.1, -0.05) is 41.3 Å². The summed E-state index contributed by atoms with van der Waals surface area (Å²) in [5, 5.41) is 0. The fourth-order valence-electron chi connectivity index (χ4n) is 2.02. The van der Waals surface area contributed by atoms with Crippen LogP contribution in [0.2, 0.25) is 0 Å². The van der Waals surface area contributed by atoms with E-state index < -0.39 is 0 Å². The standard InChI is InChI=1S/C12H15BrFN/c13-9-4-5-10(11(14)7-9)12(15)6-8-2-1-3-8/h4-5,7-8,12H,1-3,6,15H2. The molecular weight excluding hydrogens is 257 g/mol. The van der Waals surface area contributed by atoms with Crippen LogP contribution in [0.4, 0.5) is 4.39 Å². The van der Waals surface area contributed by atoms with E-state index >= 15 is 0 Å². The van der Waals surface area contributed by atoms with Gasteiger partial charge in [0.05, 0.1) is 0 Å². The molecule has 15 heavy (non-hydrogen) atoms. The van der Waals surface area contributed by atoms with Gasteiger partial charge in [0.25, 0.3) is 0 Å². The molecule has 0 radical (unpaired) electrons. The van der Waals surface area contributed by atoms with Crippen molar-refractivity contribution in [1.82, 2.24) is 0 Å². The van der Waals surface area contributed by atoms with Crippen LogP contribution in [-0.4, -0.2) is 0 Å². The second kappa shape index (κ2) is 4.62. The van der Waals surface area contributed by atoms with Crippen LogP contribution in [0.3, 0.4) is 0 Å². The molecule has 0 spiro atoms. The van der Waals surface area contributed by atoms with E-state index in [0.717, 1.165) is 10.9 Å². The number of rotatable bonds is 3. The average molecular weight is 272 g/mol. The monoisotopic (exact) mass is 271 g/mol. The molecule has 0 amide bonds. The topological polar surface area (TPSA) is 26.0 Å². The Hall–Kier alpha value is -0.410. The molecule has 1 unspecified atom stereocenters. The Bertz CT molecular complexity index is 349. The number of hydrogen-bond acceptors (Lipinski definition) is 1. The highest BCUT2D eigenvalue weighted by molar-refractivity contribution is 9.10. The van der Waals surface area contributed by atoms with Crippen LogP contribution in [0.15, 0.2) is 22.7 Å². The Labute approximate surface area is 98.0 Å². The first-order valence-corrected chi connectivity index (χ1v) is 6.16. The molecular formula is C12H15BrFN. The Morgan fingerprint density at radius 2 is 2.20 bits per heavy atom. The molecule has 1 nitrogen and oxygen atoms in total. The van der Waals surface area contributed by atoms with E-state index in [2.05, 4.69) is 15.9 Å². The van der Waals surface area contributed by atoms with Crippen molar-refractivity contribution in [3.05, 3.63) is 34.1 Å². The molecule has 1 saturated carbocycles. The minimum absolute atomic E-state index is 0.150. The first kappa shape index (κ1) is 11.1. The molecule has 1 atom stereocenters. The maximum absolute atomic E-state index is 13.6. The van der Waals surface area contributed by atoms with Crippen LogP contribution in [0.25, 0.3) is 0 Å². The molecule has 1 fully saturated rings. The second-order valence-electron chi connectivity index (χ2n) is 4.30. The third-order valence-electron chi connectivity index (χ3n) is 3.17. The highest BCUT2D eigenvalue weighted by Crippen LogP contribution is 2.34. The van der Waals surface area contributed by atoms with Gasteiger partial charge in [0, 0.05) is 16.1 Å². The lowest BCUT2D eigenvalue weighted by molar-refractivity contribution is 0.275. The van der Waals surface area contributed by atoms with E-state index in [0.29, 0.717) is 11.5 Å². The van der Waals surface area contributed by atoms with Gasteiger partial charge < -0.3 is 5.73 Å². The summed E-state index contributed by atoms with van der Waals surface area (Å²) in [5.74, 6) is 0.513. The van der Waals surface area contributed by atoms with Crippen LogP contribution in [-0.2, 0) is 0 Å². The smallest absolute Gasteiger partial charge is 0.129 e. The van der Waals surface area contributed by atoms with Gasteiger partial charge in [0.15, 0.2) is 0 Å². The zero-order valence-corrected chi connectivity index (χ0v) is 10.1. The maximum Gasteiger partial charge on any atom is 0.129 e. The number of nitrogens with two attached hydrogens (primary N) is 1. The number of hydrogen-bond donors (Lipinski definition) is 1. The summed E-state index contributed by atoms with van der Waals surface area (Å²) < 4.78 is 14.3. The average Bonchev–Trinajstić information content (AvgIpc) is 2.11. The van der Waals surface area contributed by atoms with Gasteiger partial charge in [0.2, 0.25) is 0 Å². The fraction of sp³-hybridized carbons (Fsp3) is 0.500. The first-order valence-electron chi connectivity index (χ1n) is 5.37. The van der Waals surface area contributed by atoms with Crippen molar-refractivity contribution in [3.8, 4) is 0 Å². The Balaban J connectivity index is 2.06. The van der Waals surface area contributed by atoms with Crippen LogP contribution >= 0.6 is 15.9 Å². The molecule has 1 aromatic rings. The quantitative estimate of drug-likeness (QED) is 0.890. The normalized spacial score (nSPS) is 18.6. The molecule has 0 aliphatic heterocycles. The van der Waals surface area contributed by atoms with Crippen LogP contribution in [0.1, 0.15) is 37.3 Å². The predicted octanol–water partition coefficient (Wildman–Crippen LogP) is 3.78. The van der Waals surface area contributed by atoms with Crippen molar-refractivity contribution < 1.29 is 4.39 Å². The largest absolute Gasteiger partial charge is 0.324 e. The van der Waals surface area contributed by atoms with Crippen molar-refractivity contribution in [2.45, 2.75) is 31.7 Å². The van der Waals surface area contributed by atoms with Crippen molar-refractivity contribution in [3.63, 3.8) is 0 Å². The molecule has 82 valence electrons. The highest BCUT2D eigenvalue weighted by atomic mass is 79.9. The molecule has 3 heteroatoms. The van der Waals surface area contributed by atoms with E-state index in [1.165, 1.54) is 25.3 Å². The van der Waals surface area contributed by atoms with Crippen molar-refractivity contribution >= 4 is 15.9 Å². The van der Waals surface area contributed by atoms with E-state index in [1.807, 2.05) is 6.07 Å². The summed E-state index contributed by atoms with van der Waals surface area (Å²) in [6.07, 6.45) is 4.73. The zero-order chi connectivity index (χ0) is 10.8. The van der Waals surface area contributed by atoms with Crippen molar-refractivity contribution in [2.24, 2.45) is 11.7 Å². The van der Waals surface area contributed by atoms with Crippen LogP contribution in [0, 0.1) is 11.7 Å². The van der Waals surface area contributed by atoms with Crippen LogP contribution in [0.5, 0.6) is 0 Å². The third-order valence-corrected chi connectivity index (χ3v) is 3.67. The van der Waals surface area contributed by atoms with E-state index in [1.54, 1.807) is 6.07 Å². The minimum atomic E-state index is -0.198. The van der Waals surface area contributed by atoms with Crippen LogP contribution < -0.4 is 5.73 Å². The zero-order valence-electron chi connectivity index (χ0n) is 8.55. The summed E-state index contributed by atoms with van der Waals surface area (Å²) in [5.41, 5.74) is 6.64. The van der Waals surface area contributed by atoms with Gasteiger partial charge in [-0.25, -0.2) is 4.39 Å². The van der Waals surface area contributed by atoms with E-state index in [4.69, 9.17) is 5.73 Å². The van der Waals surface area contributed by atoms with Crippen molar-refractivity contribution in [2.75, 3.05) is 0 Å². The Morgan fingerprint density at radius 1 is 1.47 bits per heavy atom. The first-order chi connectivity index (χ1) is 7.16. The lowest BCUT2D eigenvalue weighted by atomic mass is 9.80. The number of benzene rings is 1. The molecule has 2 rings (SSSR count). The summed E-state index contributed by atoms with van der Waals surface area (Å²) in [6, 6.07) is 4.96. The maximum atomic E-state index is 13.6. The SMILES string of the molecule is NC(CC1CCC1)c1ccc(Br)cc1F. The minimum Gasteiger partial charge on any atom is -0.324 e. The lowest BCUT2D eigenvalue weighted by Crippen LogP contribution is -2.20. The molecule has 2 N–H and O–H groups in total. The van der Waals surface area contributed by atoms with Crippen molar-refractivity contribution in [1.29, 1.82) is 0 Å². The van der Waals surface area contributed by atoms with Gasteiger partial charge in [-0.3, -0.25) is 0 Å². The highest BCUT2D eigenvalue weighted by Gasteiger charge is 2.22. The fourth-order valence-corrected chi connectivity index (χ4v) is 2.35. The second-order valence-corrected chi connectivity index (χ2v) is 5.22. The molecule has 1 aliphatic carbocycles. The predicted molar refractivity (Wildman–Crippen MR) is 63.0 cm³/mol. The Morgan fingerprint density at radius 3 is 2.73 bits per heavy atom. The van der Waals surface area contributed by atoms with Gasteiger partial charge >= 0.3 is 0 Å². The van der Waals surface area contributed by atoms with Gasteiger partial charge in [-0.15, -0.1) is 0 Å². The van der Waals surface area contributed by atoms with E-state index in [9.17, 15) is 4.39 Å². The summed E-state index contributed by atoms with van der Waals surface area (Å²) in [4.78, 5) is 0. The molecule has 0 bridgehead atoms. The molecule has 0 heterocycles. The summed E-state index contributed by atoms with van der Waals surface area (Å²) >= 11 is 3.24.